The summed E-state index contributed by atoms with van der Waals surface area (Å²) in [5.74, 6) is -0.826. The predicted molar refractivity (Wildman–Crippen MR) is 116 cm³/mol. The van der Waals surface area contributed by atoms with Crippen LogP contribution in [0, 0.1) is 11.3 Å². The van der Waals surface area contributed by atoms with E-state index in [-0.39, 0.29) is 31.9 Å². The first-order chi connectivity index (χ1) is 14.7. The van der Waals surface area contributed by atoms with Gasteiger partial charge < -0.3 is 9.64 Å². The van der Waals surface area contributed by atoms with Gasteiger partial charge in [-0.2, -0.15) is 5.26 Å². The lowest BCUT2D eigenvalue weighted by atomic mass is 10.0. The van der Waals surface area contributed by atoms with Crippen LogP contribution in [0.5, 0.6) is 0 Å². The molecular weight excluding hydrogens is 376 g/mol. The molecule has 3 aromatic rings. The molecule has 0 N–H and O–H groups in total. The first-order valence-corrected chi connectivity index (χ1v) is 9.70. The molecule has 0 aliphatic carbocycles. The van der Waals surface area contributed by atoms with E-state index < -0.39 is 5.97 Å². The fourth-order valence-electron chi connectivity index (χ4n) is 3.05. The highest BCUT2D eigenvalue weighted by Crippen LogP contribution is 2.19. The molecule has 0 aliphatic heterocycles. The number of benzene rings is 3. The van der Waals surface area contributed by atoms with Crippen LogP contribution in [0.3, 0.4) is 0 Å². The SMILES string of the molecule is N#CCCN(C(=O)COC(=O)Cc1ccc(-c2ccccc2)cc1)c1ccccc1. The van der Waals surface area contributed by atoms with Crippen LogP contribution in [-0.4, -0.2) is 25.0 Å². The van der Waals surface area contributed by atoms with Crippen LogP contribution in [0.2, 0.25) is 0 Å². The van der Waals surface area contributed by atoms with E-state index in [2.05, 4.69) is 0 Å². The Balaban J connectivity index is 1.55. The number of hydrogen-bond donors (Lipinski definition) is 0. The van der Waals surface area contributed by atoms with E-state index in [1.807, 2.05) is 78.9 Å². The Bertz CT molecular complexity index is 1010. The highest BCUT2D eigenvalue weighted by molar-refractivity contribution is 5.95. The minimum Gasteiger partial charge on any atom is -0.455 e. The fraction of sp³-hybridized carbons (Fsp3) is 0.160. The van der Waals surface area contributed by atoms with Crippen LogP contribution in [0.15, 0.2) is 84.9 Å². The third-order valence-corrected chi connectivity index (χ3v) is 4.58. The summed E-state index contributed by atoms with van der Waals surface area (Å²) in [5.41, 5.74) is 3.66. The maximum Gasteiger partial charge on any atom is 0.310 e. The summed E-state index contributed by atoms with van der Waals surface area (Å²) in [4.78, 5) is 26.2. The molecule has 30 heavy (non-hydrogen) atoms. The van der Waals surface area contributed by atoms with Gasteiger partial charge in [-0.25, -0.2) is 0 Å². The summed E-state index contributed by atoms with van der Waals surface area (Å²) in [6, 6.07) is 28.7. The van der Waals surface area contributed by atoms with Crippen LogP contribution in [-0.2, 0) is 20.7 Å². The van der Waals surface area contributed by atoms with Gasteiger partial charge in [0, 0.05) is 12.2 Å². The van der Waals surface area contributed by atoms with Crippen LogP contribution in [0.25, 0.3) is 11.1 Å². The molecule has 0 radical (unpaired) electrons. The Morgan fingerprint density at radius 2 is 1.43 bits per heavy atom. The number of ether oxygens (including phenoxy) is 1. The van der Waals surface area contributed by atoms with Crippen molar-refractivity contribution in [3.05, 3.63) is 90.5 Å². The summed E-state index contributed by atoms with van der Waals surface area (Å²) in [7, 11) is 0. The molecule has 150 valence electrons. The highest BCUT2D eigenvalue weighted by atomic mass is 16.5. The van der Waals surface area contributed by atoms with Gasteiger partial charge in [-0.05, 0) is 28.8 Å². The van der Waals surface area contributed by atoms with Crippen molar-refractivity contribution in [3.63, 3.8) is 0 Å². The van der Waals surface area contributed by atoms with Gasteiger partial charge in [0.05, 0.1) is 18.9 Å². The van der Waals surface area contributed by atoms with Crippen LogP contribution in [0.4, 0.5) is 5.69 Å². The Morgan fingerprint density at radius 3 is 2.07 bits per heavy atom. The number of rotatable bonds is 8. The number of esters is 1. The molecule has 0 saturated heterocycles. The van der Waals surface area contributed by atoms with Gasteiger partial charge in [0.15, 0.2) is 6.61 Å². The molecule has 0 atom stereocenters. The quantitative estimate of drug-likeness (QED) is 0.528. The van der Waals surface area contributed by atoms with E-state index in [0.29, 0.717) is 5.69 Å². The molecule has 5 heteroatoms. The number of amides is 1. The monoisotopic (exact) mass is 398 g/mol. The molecule has 0 fully saturated rings. The number of nitriles is 1. The number of carbonyl (C=O) groups is 2. The Kier molecular flexibility index (Phi) is 7.34. The average Bonchev–Trinajstić information content (AvgIpc) is 2.80. The van der Waals surface area contributed by atoms with Gasteiger partial charge in [0.1, 0.15) is 0 Å². The first-order valence-electron chi connectivity index (χ1n) is 9.70. The van der Waals surface area contributed by atoms with E-state index in [4.69, 9.17) is 10.00 Å². The summed E-state index contributed by atoms with van der Waals surface area (Å²) >= 11 is 0. The molecule has 1 amide bonds. The van der Waals surface area contributed by atoms with Crippen LogP contribution < -0.4 is 4.90 Å². The number of hydrogen-bond acceptors (Lipinski definition) is 4. The second-order valence-electron chi connectivity index (χ2n) is 6.69. The van der Waals surface area contributed by atoms with Crippen molar-refractivity contribution < 1.29 is 14.3 Å². The number of nitrogens with zero attached hydrogens (tertiary/aromatic N) is 2. The van der Waals surface area contributed by atoms with Crippen LogP contribution >= 0.6 is 0 Å². The standard InChI is InChI=1S/C25H22N2O3/c26-16-7-17-27(23-10-5-2-6-11-23)24(28)19-30-25(29)18-20-12-14-22(15-13-20)21-8-3-1-4-9-21/h1-6,8-15H,7,17-19H2. The second kappa shape index (κ2) is 10.6. The minimum atomic E-state index is -0.468. The van der Waals surface area contributed by atoms with Crippen molar-refractivity contribution >= 4 is 17.6 Å². The summed E-state index contributed by atoms with van der Waals surface area (Å²) in [5, 5.41) is 8.84. The van der Waals surface area contributed by atoms with E-state index in [0.717, 1.165) is 16.7 Å². The minimum absolute atomic E-state index is 0.0892. The van der Waals surface area contributed by atoms with E-state index in [1.54, 1.807) is 12.1 Å². The van der Waals surface area contributed by atoms with Crippen molar-refractivity contribution in [3.8, 4) is 17.2 Å². The van der Waals surface area contributed by atoms with Gasteiger partial charge in [0.2, 0.25) is 0 Å². The molecule has 5 nitrogen and oxygen atoms in total. The second-order valence-corrected chi connectivity index (χ2v) is 6.69. The maximum atomic E-state index is 12.5. The fourth-order valence-corrected chi connectivity index (χ4v) is 3.05. The summed E-state index contributed by atoms with van der Waals surface area (Å²) < 4.78 is 5.19. The van der Waals surface area contributed by atoms with Gasteiger partial charge >= 0.3 is 5.97 Å². The zero-order chi connectivity index (χ0) is 21.2. The smallest absolute Gasteiger partial charge is 0.310 e. The lowest BCUT2D eigenvalue weighted by Gasteiger charge is -2.21. The van der Waals surface area contributed by atoms with Crippen LogP contribution in [0.1, 0.15) is 12.0 Å². The Hall–Kier alpha value is -3.91. The largest absolute Gasteiger partial charge is 0.455 e. The number of anilines is 1. The first kappa shape index (κ1) is 20.8. The third-order valence-electron chi connectivity index (χ3n) is 4.58. The topological polar surface area (TPSA) is 70.4 Å². The molecule has 0 heterocycles. The molecule has 0 bridgehead atoms. The molecule has 0 aromatic heterocycles. The molecule has 0 unspecified atom stereocenters. The van der Waals surface area contributed by atoms with E-state index >= 15 is 0 Å². The third kappa shape index (κ3) is 5.79. The van der Waals surface area contributed by atoms with E-state index in [9.17, 15) is 9.59 Å². The zero-order valence-corrected chi connectivity index (χ0v) is 16.5. The van der Waals surface area contributed by atoms with Gasteiger partial charge in [-0.3, -0.25) is 9.59 Å². The van der Waals surface area contributed by atoms with Crippen molar-refractivity contribution in [1.29, 1.82) is 5.26 Å². The zero-order valence-electron chi connectivity index (χ0n) is 16.5. The molecular formula is C25H22N2O3. The predicted octanol–water partition coefficient (Wildman–Crippen LogP) is 4.39. The lowest BCUT2D eigenvalue weighted by molar-refractivity contribution is -0.147. The number of para-hydroxylation sites is 1. The van der Waals surface area contributed by atoms with Gasteiger partial charge in [-0.1, -0.05) is 72.8 Å². The molecule has 3 aromatic carbocycles. The molecule has 0 aliphatic rings. The number of carbonyl (C=O) groups excluding carboxylic acids is 2. The van der Waals surface area contributed by atoms with Crippen molar-refractivity contribution in [2.45, 2.75) is 12.8 Å². The summed E-state index contributed by atoms with van der Waals surface area (Å²) in [6.07, 6.45) is 0.286. The normalized spacial score (nSPS) is 10.1. The lowest BCUT2D eigenvalue weighted by Crippen LogP contribution is -2.35. The van der Waals surface area contributed by atoms with Crippen molar-refractivity contribution in [2.75, 3.05) is 18.1 Å². The maximum absolute atomic E-state index is 12.5. The molecule has 0 spiro atoms. The Morgan fingerprint density at radius 1 is 0.833 bits per heavy atom. The van der Waals surface area contributed by atoms with Crippen molar-refractivity contribution in [2.24, 2.45) is 0 Å². The highest BCUT2D eigenvalue weighted by Gasteiger charge is 2.17. The van der Waals surface area contributed by atoms with Crippen molar-refractivity contribution in [1.82, 2.24) is 0 Å². The average molecular weight is 398 g/mol. The summed E-state index contributed by atoms with van der Waals surface area (Å²) in [6.45, 7) is -0.112. The van der Waals surface area contributed by atoms with E-state index in [1.165, 1.54) is 4.90 Å². The van der Waals surface area contributed by atoms with Gasteiger partial charge in [-0.15, -0.1) is 0 Å². The Labute approximate surface area is 176 Å². The molecule has 0 saturated carbocycles. The van der Waals surface area contributed by atoms with Gasteiger partial charge in [0.25, 0.3) is 5.91 Å². The molecule has 3 rings (SSSR count).